The number of para-hydroxylation sites is 2. The molecule has 1 aliphatic heterocycles. The monoisotopic (exact) mass is 643 g/mol. The van der Waals surface area contributed by atoms with Crippen molar-refractivity contribution in [2.24, 2.45) is 0 Å². The quantitative estimate of drug-likeness (QED) is 0.108. The third-order valence-corrected chi connectivity index (χ3v) is 7.95. The molecule has 5 aromatic rings. The van der Waals surface area contributed by atoms with Crippen LogP contribution in [0.15, 0.2) is 115 Å². The summed E-state index contributed by atoms with van der Waals surface area (Å²) in [5.74, 6) is -1.35. The summed E-state index contributed by atoms with van der Waals surface area (Å²) in [6, 6.07) is 26.9. The van der Waals surface area contributed by atoms with Gasteiger partial charge in [-0.1, -0.05) is 67.2 Å². The Bertz CT molecular complexity index is 2130. The Morgan fingerprint density at radius 3 is 2.31 bits per heavy atom. The SMILES string of the molecule is C=C1CN(c2ccccc2)N(C(=O)N(C)c2cc([N+](=O)[O-])ccc2Oc2cc(C(=O)Nc3ccccc3C)c(O)c3ccccc23)C1=O. The molecule has 6 rings (SSSR count). The molecule has 4 amide bonds. The van der Waals surface area contributed by atoms with Gasteiger partial charge in [0.15, 0.2) is 5.75 Å². The number of nitro groups is 1. The molecule has 12 nitrogen and oxygen atoms in total. The lowest BCUT2D eigenvalue weighted by atomic mass is 10.0. The number of carbonyl (C=O) groups excluding carboxylic acids is 3. The van der Waals surface area contributed by atoms with Gasteiger partial charge in [-0.2, -0.15) is 5.01 Å². The van der Waals surface area contributed by atoms with Crippen LogP contribution in [-0.2, 0) is 4.79 Å². The smallest absolute Gasteiger partial charge is 0.350 e. The van der Waals surface area contributed by atoms with Crippen LogP contribution >= 0.6 is 0 Å². The normalized spacial score (nSPS) is 12.7. The third kappa shape index (κ3) is 5.73. The van der Waals surface area contributed by atoms with Gasteiger partial charge in [-0.15, -0.1) is 0 Å². The molecule has 0 aromatic heterocycles. The Morgan fingerprint density at radius 2 is 1.60 bits per heavy atom. The van der Waals surface area contributed by atoms with Crippen LogP contribution in [0, 0.1) is 17.0 Å². The highest BCUT2D eigenvalue weighted by Crippen LogP contribution is 2.42. The Morgan fingerprint density at radius 1 is 0.938 bits per heavy atom. The van der Waals surface area contributed by atoms with Gasteiger partial charge in [0.1, 0.15) is 11.5 Å². The number of nitro benzene ring substituents is 1. The number of ether oxygens (including phenoxy) is 1. The molecular weight excluding hydrogens is 614 g/mol. The molecule has 0 aliphatic carbocycles. The first-order valence-corrected chi connectivity index (χ1v) is 14.8. The minimum atomic E-state index is -0.818. The van der Waals surface area contributed by atoms with Crippen LogP contribution < -0.4 is 20.0 Å². The first-order valence-electron chi connectivity index (χ1n) is 14.8. The summed E-state index contributed by atoms with van der Waals surface area (Å²) in [6.45, 7) is 5.70. The number of nitrogens with one attached hydrogen (secondary N) is 1. The van der Waals surface area contributed by atoms with Gasteiger partial charge in [-0.05, 0) is 42.8 Å². The number of hydrogen-bond acceptors (Lipinski definition) is 8. The van der Waals surface area contributed by atoms with E-state index in [1.165, 1.54) is 30.3 Å². The number of rotatable bonds is 7. The van der Waals surface area contributed by atoms with Crippen molar-refractivity contribution >= 4 is 51.4 Å². The molecule has 0 unspecified atom stereocenters. The van der Waals surface area contributed by atoms with Crippen LogP contribution in [0.4, 0.5) is 27.5 Å². The lowest BCUT2D eigenvalue weighted by Gasteiger charge is -2.31. The molecule has 48 heavy (non-hydrogen) atoms. The van der Waals surface area contributed by atoms with Crippen LogP contribution in [-0.4, -0.2) is 46.5 Å². The van der Waals surface area contributed by atoms with Gasteiger partial charge in [-0.25, -0.2) is 4.79 Å². The standard InChI is InChI=1S/C36H29N5O7/c1-22-11-7-10-16-29(22)37-34(43)28-20-32(26-14-8-9-15-27(26)33(28)42)48-31-18-17-25(41(46)47)19-30(31)38(3)36(45)40-35(44)23(2)21-39(40)24-12-5-4-6-13-24/h4-20,42H,2,21H2,1,3H3,(H,37,43). The fourth-order valence-electron chi connectivity index (χ4n) is 5.39. The van der Waals surface area contributed by atoms with Gasteiger partial charge in [0.25, 0.3) is 17.5 Å². The number of urea groups is 1. The maximum Gasteiger partial charge on any atom is 0.350 e. The van der Waals surface area contributed by atoms with Gasteiger partial charge in [0.05, 0.1) is 28.4 Å². The number of phenolic OH excluding ortho intramolecular Hbond substituents is 1. The number of hydrazine groups is 1. The number of anilines is 3. The number of nitrogens with zero attached hydrogens (tertiary/aromatic N) is 4. The summed E-state index contributed by atoms with van der Waals surface area (Å²) in [6.07, 6.45) is 0. The summed E-state index contributed by atoms with van der Waals surface area (Å²) in [4.78, 5) is 52.9. The van der Waals surface area contributed by atoms with E-state index in [0.717, 1.165) is 21.5 Å². The molecule has 1 aliphatic rings. The molecule has 5 aromatic carbocycles. The number of fused-ring (bicyclic) bond motifs is 1. The van der Waals surface area contributed by atoms with Gasteiger partial charge < -0.3 is 15.2 Å². The van der Waals surface area contributed by atoms with Crippen LogP contribution in [0.3, 0.4) is 0 Å². The van der Waals surface area contributed by atoms with E-state index in [1.54, 1.807) is 66.7 Å². The average Bonchev–Trinajstić information content (AvgIpc) is 3.40. The number of benzene rings is 5. The van der Waals surface area contributed by atoms with Crippen molar-refractivity contribution in [3.8, 4) is 17.2 Å². The van der Waals surface area contributed by atoms with Crippen molar-refractivity contribution in [2.75, 3.05) is 28.8 Å². The number of aryl methyl sites for hydroxylation is 1. The highest BCUT2D eigenvalue weighted by molar-refractivity contribution is 6.13. The van der Waals surface area contributed by atoms with E-state index >= 15 is 0 Å². The summed E-state index contributed by atoms with van der Waals surface area (Å²) in [5.41, 5.74) is 1.67. The van der Waals surface area contributed by atoms with E-state index in [4.69, 9.17) is 4.74 Å². The number of aromatic hydroxyl groups is 1. The number of carbonyl (C=O) groups is 3. The van der Waals surface area contributed by atoms with Crippen molar-refractivity contribution in [3.05, 3.63) is 137 Å². The number of amides is 4. The van der Waals surface area contributed by atoms with Crippen molar-refractivity contribution in [1.29, 1.82) is 0 Å². The van der Waals surface area contributed by atoms with Crippen LogP contribution in [0.1, 0.15) is 15.9 Å². The van der Waals surface area contributed by atoms with Gasteiger partial charge in [0, 0.05) is 41.2 Å². The zero-order valence-electron chi connectivity index (χ0n) is 25.9. The van der Waals surface area contributed by atoms with Crippen LogP contribution in [0.5, 0.6) is 17.2 Å². The first kappa shape index (κ1) is 31.3. The number of hydrogen-bond donors (Lipinski definition) is 2. The Hall–Kier alpha value is -6.69. The molecule has 0 bridgehead atoms. The molecule has 0 spiro atoms. The summed E-state index contributed by atoms with van der Waals surface area (Å²) in [7, 11) is 1.36. The lowest BCUT2D eigenvalue weighted by Crippen LogP contribution is -2.49. The Balaban J connectivity index is 1.41. The second-order valence-electron chi connectivity index (χ2n) is 11.1. The number of phenols is 1. The lowest BCUT2D eigenvalue weighted by molar-refractivity contribution is -0.384. The van der Waals surface area contributed by atoms with Crippen molar-refractivity contribution < 1.29 is 29.2 Å². The molecule has 1 saturated heterocycles. The van der Waals surface area contributed by atoms with Gasteiger partial charge >= 0.3 is 6.03 Å². The van der Waals surface area contributed by atoms with E-state index < -0.39 is 22.8 Å². The summed E-state index contributed by atoms with van der Waals surface area (Å²) in [5, 5.41) is 28.9. The molecule has 1 fully saturated rings. The zero-order valence-corrected chi connectivity index (χ0v) is 25.9. The van der Waals surface area contributed by atoms with Crippen LogP contribution in [0.25, 0.3) is 10.8 Å². The van der Waals surface area contributed by atoms with E-state index in [2.05, 4.69) is 11.9 Å². The Kier molecular flexibility index (Phi) is 8.22. The van der Waals surface area contributed by atoms with Crippen LogP contribution in [0.2, 0.25) is 0 Å². The highest BCUT2D eigenvalue weighted by atomic mass is 16.6. The van der Waals surface area contributed by atoms with Crippen molar-refractivity contribution in [3.63, 3.8) is 0 Å². The minimum absolute atomic E-state index is 0.00860. The fourth-order valence-corrected chi connectivity index (χ4v) is 5.39. The molecule has 0 radical (unpaired) electrons. The second kappa shape index (κ2) is 12.6. The molecule has 12 heteroatoms. The number of imide groups is 1. The summed E-state index contributed by atoms with van der Waals surface area (Å²) < 4.78 is 6.33. The average molecular weight is 644 g/mol. The largest absolute Gasteiger partial charge is 0.506 e. The molecule has 240 valence electrons. The van der Waals surface area contributed by atoms with Crippen molar-refractivity contribution in [1.82, 2.24) is 5.01 Å². The predicted molar refractivity (Wildman–Crippen MR) is 181 cm³/mol. The van der Waals surface area contributed by atoms with E-state index in [0.29, 0.717) is 22.1 Å². The van der Waals surface area contributed by atoms with Gasteiger partial charge in [-0.3, -0.25) is 29.6 Å². The molecule has 0 atom stereocenters. The maximum absolute atomic E-state index is 14.0. The zero-order chi connectivity index (χ0) is 34.1. The van der Waals surface area contributed by atoms with E-state index in [1.807, 2.05) is 19.1 Å². The molecule has 1 heterocycles. The molecule has 2 N–H and O–H groups in total. The van der Waals surface area contributed by atoms with E-state index in [9.17, 15) is 29.6 Å². The van der Waals surface area contributed by atoms with E-state index in [-0.39, 0.29) is 46.3 Å². The Labute approximate surface area is 274 Å². The maximum atomic E-state index is 14.0. The second-order valence-corrected chi connectivity index (χ2v) is 11.1. The van der Waals surface area contributed by atoms with Crippen molar-refractivity contribution in [2.45, 2.75) is 6.92 Å². The topological polar surface area (TPSA) is 146 Å². The first-order chi connectivity index (χ1) is 23.0. The predicted octanol–water partition coefficient (Wildman–Crippen LogP) is 7.18. The van der Waals surface area contributed by atoms with Gasteiger partial charge in [0.2, 0.25) is 0 Å². The minimum Gasteiger partial charge on any atom is -0.506 e. The third-order valence-electron chi connectivity index (χ3n) is 7.95. The summed E-state index contributed by atoms with van der Waals surface area (Å²) >= 11 is 0. The fraction of sp³-hybridized carbons (Fsp3) is 0.0833. The highest BCUT2D eigenvalue weighted by Gasteiger charge is 2.40. The number of non-ortho nitro benzene ring substituents is 1. The molecule has 0 saturated carbocycles. The molecular formula is C36H29N5O7.